The van der Waals surface area contributed by atoms with Crippen molar-refractivity contribution in [3.63, 3.8) is 0 Å². The summed E-state index contributed by atoms with van der Waals surface area (Å²) in [7, 11) is 0. The molecule has 21 heavy (non-hydrogen) atoms. The molecular weight excluding hydrogens is 278 g/mol. The molecule has 2 aliphatic heterocycles. The molecule has 2 atom stereocenters. The average Bonchev–Trinajstić information content (AvgIpc) is 2.49. The molecule has 2 heterocycles. The molecule has 4 nitrogen and oxygen atoms in total. The molecule has 0 saturated carbocycles. The van der Waals surface area contributed by atoms with Gasteiger partial charge in [-0.15, -0.1) is 0 Å². The van der Waals surface area contributed by atoms with E-state index in [1.165, 1.54) is 12.1 Å². The highest BCUT2D eigenvalue weighted by molar-refractivity contribution is 6.08. The van der Waals surface area contributed by atoms with Crippen molar-refractivity contribution >= 4 is 17.5 Å². The molecule has 0 aromatic heterocycles. The predicted molar refractivity (Wildman–Crippen MR) is 72.7 cm³/mol. The van der Waals surface area contributed by atoms with E-state index in [0.29, 0.717) is 13.0 Å². The van der Waals surface area contributed by atoms with Gasteiger partial charge in [0.2, 0.25) is 5.91 Å². The lowest BCUT2D eigenvalue weighted by molar-refractivity contribution is -0.147. The van der Waals surface area contributed by atoms with Gasteiger partial charge in [0.15, 0.2) is 11.6 Å². The highest BCUT2D eigenvalue weighted by Crippen LogP contribution is 2.32. The van der Waals surface area contributed by atoms with Crippen molar-refractivity contribution in [2.75, 3.05) is 11.4 Å². The van der Waals surface area contributed by atoms with Crippen LogP contribution in [-0.4, -0.2) is 35.3 Å². The van der Waals surface area contributed by atoms with Crippen molar-refractivity contribution in [3.05, 3.63) is 29.8 Å². The van der Waals surface area contributed by atoms with E-state index in [1.54, 1.807) is 11.8 Å². The maximum absolute atomic E-state index is 14.0. The first-order valence-corrected chi connectivity index (χ1v) is 7.10. The van der Waals surface area contributed by atoms with Crippen LogP contribution in [0.4, 0.5) is 14.5 Å². The van der Waals surface area contributed by atoms with Gasteiger partial charge in [0, 0.05) is 6.54 Å². The number of benzene rings is 1. The number of halogens is 2. The molecule has 0 aliphatic carbocycles. The van der Waals surface area contributed by atoms with Crippen molar-refractivity contribution < 1.29 is 18.4 Å². The molecule has 0 spiro atoms. The van der Waals surface area contributed by atoms with Gasteiger partial charge >= 0.3 is 0 Å². The fourth-order valence-electron chi connectivity index (χ4n) is 3.16. The van der Waals surface area contributed by atoms with E-state index in [2.05, 4.69) is 0 Å². The minimum atomic E-state index is -1.09. The minimum Gasteiger partial charge on any atom is -0.329 e. The van der Waals surface area contributed by atoms with E-state index in [1.807, 2.05) is 0 Å². The molecule has 0 radical (unpaired) electrons. The van der Waals surface area contributed by atoms with Crippen LogP contribution in [0.3, 0.4) is 0 Å². The van der Waals surface area contributed by atoms with E-state index in [4.69, 9.17) is 0 Å². The lowest BCUT2D eigenvalue weighted by Crippen LogP contribution is -2.65. The number of hydrogen-bond acceptors (Lipinski definition) is 2. The summed E-state index contributed by atoms with van der Waals surface area (Å²) in [6.07, 6.45) is 2.30. The van der Waals surface area contributed by atoms with Gasteiger partial charge in [0.25, 0.3) is 5.91 Å². The van der Waals surface area contributed by atoms with Gasteiger partial charge in [-0.3, -0.25) is 14.5 Å². The predicted octanol–water partition coefficient (Wildman–Crippen LogP) is 2.08. The summed E-state index contributed by atoms with van der Waals surface area (Å²) in [5.41, 5.74) is -0.161. The van der Waals surface area contributed by atoms with Crippen molar-refractivity contribution in [2.45, 2.75) is 38.3 Å². The Kier molecular flexibility index (Phi) is 3.39. The van der Waals surface area contributed by atoms with Crippen molar-refractivity contribution in [1.82, 2.24) is 4.90 Å². The molecule has 0 bridgehead atoms. The second-order valence-corrected chi connectivity index (χ2v) is 5.50. The molecule has 3 rings (SSSR count). The Morgan fingerprint density at radius 3 is 2.67 bits per heavy atom. The van der Waals surface area contributed by atoms with Gasteiger partial charge < -0.3 is 4.90 Å². The number of hydrogen-bond donors (Lipinski definition) is 0. The molecule has 112 valence electrons. The first-order valence-electron chi connectivity index (χ1n) is 7.10. The number of amides is 2. The van der Waals surface area contributed by atoms with Crippen LogP contribution in [0.1, 0.15) is 26.2 Å². The summed E-state index contributed by atoms with van der Waals surface area (Å²) in [6, 6.07) is 2.30. The van der Waals surface area contributed by atoms with Crippen LogP contribution in [0.15, 0.2) is 18.2 Å². The molecule has 2 unspecified atom stereocenters. The molecule has 2 fully saturated rings. The van der Waals surface area contributed by atoms with Gasteiger partial charge in [-0.25, -0.2) is 8.78 Å². The zero-order valence-corrected chi connectivity index (χ0v) is 11.7. The third-order valence-electron chi connectivity index (χ3n) is 4.24. The normalized spacial score (nSPS) is 26.0. The molecule has 1 aromatic carbocycles. The largest absolute Gasteiger partial charge is 0.329 e. The number of piperidine rings is 1. The molecule has 2 saturated heterocycles. The molecule has 0 N–H and O–H groups in total. The van der Waals surface area contributed by atoms with Gasteiger partial charge in [-0.2, -0.15) is 0 Å². The smallest absolute Gasteiger partial charge is 0.250 e. The quantitative estimate of drug-likeness (QED) is 0.795. The number of anilines is 1. The number of rotatable bonds is 1. The van der Waals surface area contributed by atoms with Crippen molar-refractivity contribution in [1.29, 1.82) is 0 Å². The maximum Gasteiger partial charge on any atom is 0.250 e. The van der Waals surface area contributed by atoms with E-state index in [9.17, 15) is 18.4 Å². The summed E-state index contributed by atoms with van der Waals surface area (Å²) in [6.45, 7) is 2.11. The number of piperazine rings is 1. The summed E-state index contributed by atoms with van der Waals surface area (Å²) < 4.78 is 27.4. The lowest BCUT2D eigenvalue weighted by Gasteiger charge is -2.46. The van der Waals surface area contributed by atoms with E-state index in [0.717, 1.165) is 23.8 Å². The fourth-order valence-corrected chi connectivity index (χ4v) is 3.16. The monoisotopic (exact) mass is 294 g/mol. The third kappa shape index (κ3) is 2.09. The summed E-state index contributed by atoms with van der Waals surface area (Å²) in [5, 5.41) is 0. The van der Waals surface area contributed by atoms with Crippen LogP contribution in [0.2, 0.25) is 0 Å². The Morgan fingerprint density at radius 1 is 1.14 bits per heavy atom. The van der Waals surface area contributed by atoms with E-state index >= 15 is 0 Å². The molecule has 1 aromatic rings. The van der Waals surface area contributed by atoms with Crippen LogP contribution in [-0.2, 0) is 9.59 Å². The van der Waals surface area contributed by atoms with E-state index < -0.39 is 23.7 Å². The lowest BCUT2D eigenvalue weighted by atomic mass is 9.95. The molecule has 6 heteroatoms. The van der Waals surface area contributed by atoms with Gasteiger partial charge in [0.05, 0.1) is 5.69 Å². The van der Waals surface area contributed by atoms with Crippen molar-refractivity contribution in [3.8, 4) is 0 Å². The van der Waals surface area contributed by atoms with Crippen LogP contribution < -0.4 is 4.90 Å². The van der Waals surface area contributed by atoms with Gasteiger partial charge in [-0.05, 0) is 38.3 Å². The third-order valence-corrected chi connectivity index (χ3v) is 4.24. The fraction of sp³-hybridized carbons (Fsp3) is 0.467. The molecule has 2 amide bonds. The zero-order chi connectivity index (χ0) is 15.1. The second-order valence-electron chi connectivity index (χ2n) is 5.50. The summed E-state index contributed by atoms with van der Waals surface area (Å²) in [4.78, 5) is 27.7. The highest BCUT2D eigenvalue weighted by Gasteiger charge is 2.46. The Bertz CT molecular complexity index is 605. The first-order chi connectivity index (χ1) is 10.0. The van der Waals surface area contributed by atoms with Crippen molar-refractivity contribution in [2.24, 2.45) is 0 Å². The topological polar surface area (TPSA) is 40.6 Å². The van der Waals surface area contributed by atoms with Crippen LogP contribution >= 0.6 is 0 Å². The Hall–Kier alpha value is -1.98. The van der Waals surface area contributed by atoms with Crippen LogP contribution in [0.5, 0.6) is 0 Å². The Labute approximate surface area is 121 Å². The number of carbonyl (C=O) groups is 2. The zero-order valence-electron chi connectivity index (χ0n) is 11.7. The first kappa shape index (κ1) is 14.0. The number of carbonyl (C=O) groups excluding carboxylic acids is 2. The SMILES string of the molecule is CC1C(=O)N2CCCCC2C(=O)N1c1cccc(F)c1F. The minimum absolute atomic E-state index is 0.161. The van der Waals surface area contributed by atoms with Crippen LogP contribution in [0.25, 0.3) is 0 Å². The number of nitrogens with zero attached hydrogens (tertiary/aromatic N) is 2. The molecular formula is C15H16F2N2O2. The van der Waals surface area contributed by atoms with Gasteiger partial charge in [0.1, 0.15) is 12.1 Å². The summed E-state index contributed by atoms with van der Waals surface area (Å²) in [5.74, 6) is -2.64. The van der Waals surface area contributed by atoms with E-state index in [-0.39, 0.29) is 17.5 Å². The summed E-state index contributed by atoms with van der Waals surface area (Å²) >= 11 is 0. The Balaban J connectivity index is 2.03. The standard InChI is InChI=1S/C15H16F2N2O2/c1-9-14(20)18-8-3-2-6-12(18)15(21)19(9)11-7-4-5-10(16)13(11)17/h4-5,7,9,12H,2-3,6,8H2,1H3. The maximum atomic E-state index is 14.0. The second kappa shape index (κ2) is 5.09. The number of fused-ring (bicyclic) bond motifs is 1. The highest BCUT2D eigenvalue weighted by atomic mass is 19.2. The van der Waals surface area contributed by atoms with Crippen LogP contribution in [0, 0.1) is 11.6 Å². The Morgan fingerprint density at radius 2 is 1.90 bits per heavy atom. The molecule has 2 aliphatic rings. The average molecular weight is 294 g/mol. The van der Waals surface area contributed by atoms with Gasteiger partial charge in [-0.1, -0.05) is 6.07 Å².